The highest BCUT2D eigenvalue weighted by Gasteiger charge is 1.92. The second-order valence-corrected chi connectivity index (χ2v) is 2.41. The van der Waals surface area contributed by atoms with E-state index in [-0.39, 0.29) is 0 Å². The van der Waals surface area contributed by atoms with Crippen LogP contribution in [0, 0.1) is 0 Å². The van der Waals surface area contributed by atoms with Gasteiger partial charge in [-0.1, -0.05) is 0 Å². The second-order valence-electron chi connectivity index (χ2n) is 2.41. The predicted octanol–water partition coefficient (Wildman–Crippen LogP) is -2.68. The van der Waals surface area contributed by atoms with Crippen LogP contribution < -0.4 is 22.4 Å². The van der Waals surface area contributed by atoms with Crippen LogP contribution in [0.3, 0.4) is 0 Å². The molecule has 78 valence electrons. The van der Waals surface area contributed by atoms with Gasteiger partial charge < -0.3 is 4.74 Å². The molecule has 0 atom stereocenters. The summed E-state index contributed by atoms with van der Waals surface area (Å²) in [7, 11) is 0. The van der Waals surface area contributed by atoms with E-state index in [1.165, 1.54) is 0 Å². The van der Waals surface area contributed by atoms with Crippen LogP contribution in [0.15, 0.2) is 14.4 Å². The summed E-state index contributed by atoms with van der Waals surface area (Å²) in [6.07, 6.45) is 0. The Hall–Kier alpha value is -1.67. The molecule has 4 N–H and O–H groups in total. The maximum atomic E-state index is 10.2. The predicted molar refractivity (Wildman–Crippen MR) is 47.1 cm³/mol. The molecule has 2 heterocycles. The first-order valence-electron chi connectivity index (χ1n) is 3.90. The van der Waals surface area contributed by atoms with Crippen LogP contribution >= 0.6 is 0 Å². The lowest BCUT2D eigenvalue weighted by Crippen LogP contribution is -2.34. The molecular weight excluding hydrogens is 192 g/mol. The van der Waals surface area contributed by atoms with Crippen molar-refractivity contribution in [3.8, 4) is 0 Å². The minimum atomic E-state index is -0.802. The molecule has 1 aliphatic heterocycles. The maximum absolute atomic E-state index is 10.2. The molecule has 1 aliphatic rings. The summed E-state index contributed by atoms with van der Waals surface area (Å²) in [5, 5.41) is 3.00. The zero-order valence-corrected chi connectivity index (χ0v) is 7.25. The summed E-state index contributed by atoms with van der Waals surface area (Å²) in [4.78, 5) is 35.9. The van der Waals surface area contributed by atoms with Crippen molar-refractivity contribution >= 4 is 0 Å². The summed E-state index contributed by atoms with van der Waals surface area (Å²) in [6, 6.07) is 0. The normalized spacial score (nSPS) is 14.6. The van der Waals surface area contributed by atoms with E-state index in [0.717, 1.165) is 19.9 Å². The van der Waals surface area contributed by atoms with Crippen LogP contribution in [-0.4, -0.2) is 34.8 Å². The molecule has 0 aromatic carbocycles. The van der Waals surface area contributed by atoms with Gasteiger partial charge in [0.15, 0.2) is 0 Å². The van der Waals surface area contributed by atoms with E-state index in [9.17, 15) is 14.4 Å². The number of hydrogen-bond donors (Lipinski definition) is 4. The number of aromatic amines is 3. The van der Waals surface area contributed by atoms with Crippen LogP contribution in [0.1, 0.15) is 0 Å². The Balaban J connectivity index is 0.000000165. The topological polar surface area (TPSA) is 120 Å². The van der Waals surface area contributed by atoms with Crippen LogP contribution in [-0.2, 0) is 4.74 Å². The Morgan fingerprint density at radius 1 is 0.929 bits per heavy atom. The Morgan fingerprint density at radius 3 is 1.64 bits per heavy atom. The van der Waals surface area contributed by atoms with Crippen molar-refractivity contribution in [2.24, 2.45) is 0 Å². The summed E-state index contributed by atoms with van der Waals surface area (Å²) in [6.45, 7) is 2.67. The highest BCUT2D eigenvalue weighted by atomic mass is 16.5. The van der Waals surface area contributed by atoms with Crippen LogP contribution in [0.5, 0.6) is 0 Å². The van der Waals surface area contributed by atoms with Gasteiger partial charge in [-0.2, -0.15) is 0 Å². The molecule has 0 spiro atoms. The average molecular weight is 202 g/mol. The molecule has 0 unspecified atom stereocenters. The number of hydrogen-bond acceptors (Lipinski definition) is 5. The summed E-state index contributed by atoms with van der Waals surface area (Å²) >= 11 is 0. The Morgan fingerprint density at radius 2 is 1.43 bits per heavy atom. The third-order valence-electron chi connectivity index (χ3n) is 1.31. The monoisotopic (exact) mass is 202 g/mol. The lowest BCUT2D eigenvalue weighted by atomic mass is 10.7. The van der Waals surface area contributed by atoms with Gasteiger partial charge in [-0.05, 0) is 0 Å². The van der Waals surface area contributed by atoms with Gasteiger partial charge in [-0.3, -0.25) is 20.3 Å². The van der Waals surface area contributed by atoms with Crippen molar-refractivity contribution < 1.29 is 4.74 Å². The first kappa shape index (κ1) is 10.4. The Labute approximate surface area is 77.3 Å². The maximum Gasteiger partial charge on any atom is 0.330 e. The highest BCUT2D eigenvalue weighted by molar-refractivity contribution is 4.60. The van der Waals surface area contributed by atoms with Gasteiger partial charge in [0.1, 0.15) is 0 Å². The standard InChI is InChI=1S/C3H3N3O3.C3H7NO/c7-1-4-2(8)6-3(9)5-1;1-2-5-3-4-1/h(H3,4,5,6,7,8,9);4H,1-3H2. The van der Waals surface area contributed by atoms with Crippen molar-refractivity contribution in [3.63, 3.8) is 0 Å². The third-order valence-corrected chi connectivity index (χ3v) is 1.31. The van der Waals surface area contributed by atoms with Crippen molar-refractivity contribution in [2.75, 3.05) is 19.9 Å². The lowest BCUT2D eigenvalue weighted by Gasteiger charge is -1.77. The smallest absolute Gasteiger partial charge is 0.330 e. The van der Waals surface area contributed by atoms with Gasteiger partial charge >= 0.3 is 17.1 Å². The van der Waals surface area contributed by atoms with E-state index in [1.807, 2.05) is 0 Å². The van der Waals surface area contributed by atoms with Gasteiger partial charge in [0.25, 0.3) is 0 Å². The molecule has 0 radical (unpaired) electrons. The molecule has 8 nitrogen and oxygen atoms in total. The number of H-pyrrole nitrogens is 3. The molecular formula is C6H10N4O4. The molecule has 1 fully saturated rings. The van der Waals surface area contributed by atoms with Crippen LogP contribution in [0.25, 0.3) is 0 Å². The largest absolute Gasteiger partial charge is 0.365 e. The van der Waals surface area contributed by atoms with E-state index in [4.69, 9.17) is 4.74 Å². The van der Waals surface area contributed by atoms with Gasteiger partial charge in [0.2, 0.25) is 0 Å². The SMILES string of the molecule is C1COCN1.O=c1[nH]c(=O)[nH]c(=O)[nH]1. The molecule has 0 aliphatic carbocycles. The van der Waals surface area contributed by atoms with Gasteiger partial charge in [0.05, 0.1) is 13.3 Å². The van der Waals surface area contributed by atoms with Crippen molar-refractivity contribution in [1.29, 1.82) is 0 Å². The minimum absolute atomic E-state index is 0.750. The molecule has 1 saturated heterocycles. The van der Waals surface area contributed by atoms with Crippen molar-refractivity contribution in [3.05, 3.63) is 31.5 Å². The first-order valence-corrected chi connectivity index (χ1v) is 3.90. The minimum Gasteiger partial charge on any atom is -0.365 e. The van der Waals surface area contributed by atoms with E-state index in [2.05, 4.69) is 5.32 Å². The molecule has 0 bridgehead atoms. The lowest BCUT2D eigenvalue weighted by molar-refractivity contribution is 0.194. The summed E-state index contributed by atoms with van der Waals surface area (Å²) in [5.74, 6) is 0. The van der Waals surface area contributed by atoms with Crippen LogP contribution in [0.2, 0.25) is 0 Å². The fourth-order valence-corrected chi connectivity index (χ4v) is 0.764. The highest BCUT2D eigenvalue weighted by Crippen LogP contribution is 1.75. The fourth-order valence-electron chi connectivity index (χ4n) is 0.764. The van der Waals surface area contributed by atoms with E-state index >= 15 is 0 Å². The van der Waals surface area contributed by atoms with Gasteiger partial charge in [0, 0.05) is 6.54 Å². The van der Waals surface area contributed by atoms with Crippen LogP contribution in [0.4, 0.5) is 0 Å². The third kappa shape index (κ3) is 3.83. The number of rotatable bonds is 0. The van der Waals surface area contributed by atoms with Crippen molar-refractivity contribution in [2.45, 2.75) is 0 Å². The van der Waals surface area contributed by atoms with E-state index < -0.39 is 17.1 Å². The average Bonchev–Trinajstić information content (AvgIpc) is 2.56. The molecule has 0 saturated carbocycles. The Kier molecular flexibility index (Phi) is 3.83. The number of aromatic nitrogens is 3. The summed E-state index contributed by atoms with van der Waals surface area (Å²) < 4.78 is 4.83. The molecule has 1 aromatic heterocycles. The molecule has 14 heavy (non-hydrogen) atoms. The molecule has 8 heteroatoms. The first-order chi connectivity index (χ1) is 6.68. The summed E-state index contributed by atoms with van der Waals surface area (Å²) in [5.41, 5.74) is -2.41. The Bertz CT molecular complexity index is 340. The molecule has 2 rings (SSSR count). The van der Waals surface area contributed by atoms with Gasteiger partial charge in [-0.25, -0.2) is 14.4 Å². The molecule has 1 aromatic rings. The second kappa shape index (κ2) is 5.14. The molecule has 0 amide bonds. The zero-order valence-electron chi connectivity index (χ0n) is 7.25. The van der Waals surface area contributed by atoms with Gasteiger partial charge in [-0.15, -0.1) is 0 Å². The quantitative estimate of drug-likeness (QED) is 0.365. The van der Waals surface area contributed by atoms with E-state index in [1.54, 1.807) is 15.0 Å². The number of ether oxygens (including phenoxy) is 1. The van der Waals surface area contributed by atoms with E-state index in [0.29, 0.717) is 0 Å². The van der Waals surface area contributed by atoms with Crippen molar-refractivity contribution in [1.82, 2.24) is 20.3 Å². The number of nitrogens with one attached hydrogen (secondary N) is 4. The zero-order chi connectivity index (χ0) is 10.4. The fraction of sp³-hybridized carbons (Fsp3) is 0.500.